The average Bonchev–Trinajstić information content (AvgIpc) is 2.41. The molecule has 2 aromatic rings. The molecule has 0 fully saturated rings. The molecule has 19 heavy (non-hydrogen) atoms. The molecule has 0 aromatic heterocycles. The van der Waals surface area contributed by atoms with Crippen LogP contribution in [0.15, 0.2) is 48.5 Å². The number of phenols is 2. The maximum atomic E-state index is 12.1. The topological polar surface area (TPSA) is 60.8 Å². The van der Waals surface area contributed by atoms with E-state index in [0.717, 1.165) is 5.56 Å². The lowest BCUT2D eigenvalue weighted by atomic mass is 10.1. The summed E-state index contributed by atoms with van der Waals surface area (Å²) in [5, 5.41) is 18.4. The van der Waals surface area contributed by atoms with Gasteiger partial charge in [0.05, 0.1) is 0 Å². The molecule has 0 heterocycles. The van der Waals surface area contributed by atoms with Crippen molar-refractivity contribution in [2.45, 2.75) is 6.54 Å². The third-order valence-electron chi connectivity index (χ3n) is 2.82. The van der Waals surface area contributed by atoms with Gasteiger partial charge in [0, 0.05) is 19.2 Å². The summed E-state index contributed by atoms with van der Waals surface area (Å²) in [5.74, 6) is 0.224. The van der Waals surface area contributed by atoms with Crippen LogP contribution in [-0.4, -0.2) is 28.1 Å². The second kappa shape index (κ2) is 5.44. The summed E-state index contributed by atoms with van der Waals surface area (Å²) in [6, 6.07) is 12.9. The monoisotopic (exact) mass is 257 g/mol. The van der Waals surface area contributed by atoms with Crippen LogP contribution in [0.1, 0.15) is 15.9 Å². The normalized spacial score (nSPS) is 10.2. The average molecular weight is 257 g/mol. The summed E-state index contributed by atoms with van der Waals surface area (Å²) in [7, 11) is 1.71. The molecule has 2 N–H and O–H groups in total. The number of phenolic OH excluding ortho intramolecular Hbond substituents is 2. The molecule has 0 bridgehead atoms. The van der Waals surface area contributed by atoms with E-state index in [1.165, 1.54) is 12.1 Å². The van der Waals surface area contributed by atoms with Crippen LogP contribution >= 0.6 is 0 Å². The Morgan fingerprint density at radius 3 is 1.95 bits per heavy atom. The van der Waals surface area contributed by atoms with Gasteiger partial charge in [0.1, 0.15) is 11.5 Å². The smallest absolute Gasteiger partial charge is 0.253 e. The maximum absolute atomic E-state index is 12.1. The maximum Gasteiger partial charge on any atom is 0.253 e. The number of carbonyl (C=O) groups excluding carboxylic acids is 1. The number of carbonyl (C=O) groups is 1. The van der Waals surface area contributed by atoms with E-state index in [0.29, 0.717) is 12.1 Å². The van der Waals surface area contributed by atoms with E-state index in [-0.39, 0.29) is 17.4 Å². The van der Waals surface area contributed by atoms with E-state index in [1.807, 2.05) is 0 Å². The first-order chi connectivity index (χ1) is 9.06. The van der Waals surface area contributed by atoms with Crippen molar-refractivity contribution < 1.29 is 15.0 Å². The number of nitrogens with zero attached hydrogens (tertiary/aromatic N) is 1. The summed E-state index contributed by atoms with van der Waals surface area (Å²) >= 11 is 0. The SMILES string of the molecule is CN(Cc1ccc(O)cc1)C(=O)c1ccc(O)cc1. The van der Waals surface area contributed by atoms with Gasteiger partial charge in [-0.05, 0) is 42.0 Å². The Hall–Kier alpha value is -2.49. The van der Waals surface area contributed by atoms with Gasteiger partial charge in [-0.25, -0.2) is 0 Å². The number of amides is 1. The first-order valence-corrected chi connectivity index (χ1v) is 5.88. The van der Waals surface area contributed by atoms with Crippen LogP contribution in [0, 0.1) is 0 Å². The highest BCUT2D eigenvalue weighted by Crippen LogP contribution is 2.14. The van der Waals surface area contributed by atoms with Crippen molar-refractivity contribution in [3.05, 3.63) is 59.7 Å². The number of hydrogen-bond donors (Lipinski definition) is 2. The molecule has 0 unspecified atom stereocenters. The fraction of sp³-hybridized carbons (Fsp3) is 0.133. The summed E-state index contributed by atoms with van der Waals surface area (Å²) < 4.78 is 0. The summed E-state index contributed by atoms with van der Waals surface area (Å²) in [5.41, 5.74) is 1.46. The lowest BCUT2D eigenvalue weighted by molar-refractivity contribution is 0.0785. The second-order valence-corrected chi connectivity index (χ2v) is 4.37. The first-order valence-electron chi connectivity index (χ1n) is 5.88. The zero-order valence-electron chi connectivity index (χ0n) is 10.6. The molecular formula is C15H15NO3. The van der Waals surface area contributed by atoms with Crippen molar-refractivity contribution in [2.24, 2.45) is 0 Å². The van der Waals surface area contributed by atoms with Gasteiger partial charge in [0.15, 0.2) is 0 Å². The third kappa shape index (κ3) is 3.25. The molecule has 0 spiro atoms. The molecule has 2 aromatic carbocycles. The summed E-state index contributed by atoms with van der Waals surface area (Å²) in [6.45, 7) is 0.458. The van der Waals surface area contributed by atoms with Crippen molar-refractivity contribution in [3.63, 3.8) is 0 Å². The predicted octanol–water partition coefficient (Wildman–Crippen LogP) is 2.37. The highest BCUT2D eigenvalue weighted by atomic mass is 16.3. The molecule has 0 atom stereocenters. The van der Waals surface area contributed by atoms with Gasteiger partial charge in [0.25, 0.3) is 5.91 Å². The molecule has 0 aliphatic rings. The lowest BCUT2D eigenvalue weighted by Gasteiger charge is -2.17. The molecule has 1 amide bonds. The van der Waals surface area contributed by atoms with Gasteiger partial charge < -0.3 is 15.1 Å². The van der Waals surface area contributed by atoms with E-state index in [2.05, 4.69) is 0 Å². The quantitative estimate of drug-likeness (QED) is 0.887. The number of benzene rings is 2. The Labute approximate surface area is 111 Å². The number of hydrogen-bond acceptors (Lipinski definition) is 3. The van der Waals surface area contributed by atoms with E-state index in [9.17, 15) is 15.0 Å². The van der Waals surface area contributed by atoms with E-state index >= 15 is 0 Å². The molecular weight excluding hydrogens is 242 g/mol. The van der Waals surface area contributed by atoms with Gasteiger partial charge >= 0.3 is 0 Å². The van der Waals surface area contributed by atoms with Crippen LogP contribution in [-0.2, 0) is 6.54 Å². The van der Waals surface area contributed by atoms with Crippen LogP contribution in [0.3, 0.4) is 0 Å². The lowest BCUT2D eigenvalue weighted by Crippen LogP contribution is -2.26. The van der Waals surface area contributed by atoms with E-state index in [4.69, 9.17) is 0 Å². The predicted molar refractivity (Wildman–Crippen MR) is 72.0 cm³/mol. The molecule has 4 heteroatoms. The zero-order chi connectivity index (χ0) is 13.8. The van der Waals surface area contributed by atoms with E-state index < -0.39 is 0 Å². The summed E-state index contributed by atoms with van der Waals surface area (Å²) in [4.78, 5) is 13.7. The minimum absolute atomic E-state index is 0.118. The summed E-state index contributed by atoms with van der Waals surface area (Å²) in [6.07, 6.45) is 0. The Bertz CT molecular complexity index is 561. The fourth-order valence-electron chi connectivity index (χ4n) is 1.77. The molecule has 0 saturated carbocycles. The van der Waals surface area contributed by atoms with Gasteiger partial charge in [-0.15, -0.1) is 0 Å². The Morgan fingerprint density at radius 1 is 0.947 bits per heavy atom. The van der Waals surface area contributed by atoms with Gasteiger partial charge in [-0.3, -0.25) is 4.79 Å². The number of rotatable bonds is 3. The Morgan fingerprint density at radius 2 is 1.42 bits per heavy atom. The van der Waals surface area contributed by atoms with Crippen LogP contribution in [0.25, 0.3) is 0 Å². The van der Waals surface area contributed by atoms with Crippen molar-refractivity contribution in [2.75, 3.05) is 7.05 Å². The Balaban J connectivity index is 2.07. The van der Waals surface area contributed by atoms with Gasteiger partial charge in [0.2, 0.25) is 0 Å². The van der Waals surface area contributed by atoms with Crippen LogP contribution in [0.4, 0.5) is 0 Å². The zero-order valence-corrected chi connectivity index (χ0v) is 10.6. The van der Waals surface area contributed by atoms with Crippen LogP contribution < -0.4 is 0 Å². The standard InChI is InChI=1S/C15H15NO3/c1-16(10-11-2-6-13(17)7-3-11)15(19)12-4-8-14(18)9-5-12/h2-9,17-18H,10H2,1H3. The van der Waals surface area contributed by atoms with Gasteiger partial charge in [-0.1, -0.05) is 12.1 Å². The largest absolute Gasteiger partial charge is 0.508 e. The van der Waals surface area contributed by atoms with Crippen molar-refractivity contribution in [1.29, 1.82) is 0 Å². The highest BCUT2D eigenvalue weighted by Gasteiger charge is 2.11. The second-order valence-electron chi connectivity index (χ2n) is 4.37. The minimum atomic E-state index is -0.118. The molecule has 2 rings (SSSR count). The van der Waals surface area contributed by atoms with Crippen molar-refractivity contribution in [1.82, 2.24) is 4.90 Å². The van der Waals surface area contributed by atoms with Crippen molar-refractivity contribution in [3.8, 4) is 11.5 Å². The molecule has 0 aliphatic heterocycles. The van der Waals surface area contributed by atoms with Crippen LogP contribution in [0.2, 0.25) is 0 Å². The Kier molecular flexibility index (Phi) is 3.71. The van der Waals surface area contributed by atoms with Crippen LogP contribution in [0.5, 0.6) is 11.5 Å². The third-order valence-corrected chi connectivity index (χ3v) is 2.82. The first kappa shape index (κ1) is 13.0. The molecule has 98 valence electrons. The van der Waals surface area contributed by atoms with E-state index in [1.54, 1.807) is 48.3 Å². The minimum Gasteiger partial charge on any atom is -0.508 e. The number of aromatic hydroxyl groups is 2. The highest BCUT2D eigenvalue weighted by molar-refractivity contribution is 5.94. The van der Waals surface area contributed by atoms with Crippen molar-refractivity contribution >= 4 is 5.91 Å². The molecule has 0 radical (unpaired) electrons. The molecule has 4 nitrogen and oxygen atoms in total. The fourth-order valence-corrected chi connectivity index (χ4v) is 1.77. The molecule has 0 saturated heterocycles. The van der Waals surface area contributed by atoms with Gasteiger partial charge in [-0.2, -0.15) is 0 Å². The molecule has 0 aliphatic carbocycles.